The van der Waals surface area contributed by atoms with E-state index in [9.17, 15) is 13.2 Å². The van der Waals surface area contributed by atoms with E-state index in [0.717, 1.165) is 21.2 Å². The topological polar surface area (TPSA) is 63.7 Å². The van der Waals surface area contributed by atoms with Crippen molar-refractivity contribution in [3.05, 3.63) is 41.2 Å². The smallest absolute Gasteiger partial charge is 0.266 e. The van der Waals surface area contributed by atoms with Crippen molar-refractivity contribution in [2.75, 3.05) is 6.54 Å². The van der Waals surface area contributed by atoms with Crippen LogP contribution in [0.15, 0.2) is 40.5 Å². The van der Waals surface area contributed by atoms with E-state index in [1.807, 2.05) is 13.8 Å². The zero-order valence-electron chi connectivity index (χ0n) is 21.9. The Kier molecular flexibility index (Phi) is 7.19. The van der Waals surface area contributed by atoms with Crippen LogP contribution in [0.25, 0.3) is 0 Å². The second-order valence-corrected chi connectivity index (χ2v) is 17.8. The largest absolute Gasteiger partial charge is 0.547 e. The maximum Gasteiger partial charge on any atom is 0.266 e. The number of hydrogen-bond donors (Lipinski definition) is 0. The fourth-order valence-electron chi connectivity index (χ4n) is 4.80. The van der Waals surface area contributed by atoms with Gasteiger partial charge in [0.2, 0.25) is 14.2 Å². The summed E-state index contributed by atoms with van der Waals surface area (Å²) in [7, 11) is -5.98. The molecule has 1 aliphatic carbocycles. The molecule has 1 saturated heterocycles. The minimum absolute atomic E-state index is 0.0565. The van der Waals surface area contributed by atoms with E-state index >= 15 is 0 Å². The number of sulfonamides is 1. The van der Waals surface area contributed by atoms with Gasteiger partial charge in [-0.1, -0.05) is 44.4 Å². The number of piperidine rings is 1. The molecule has 1 aromatic rings. The summed E-state index contributed by atoms with van der Waals surface area (Å²) in [6.07, 6.45) is 2.44. The highest BCUT2D eigenvalue weighted by molar-refractivity contribution is 7.89. The van der Waals surface area contributed by atoms with E-state index in [4.69, 9.17) is 4.43 Å². The SMILES string of the molecule is CC#CC1C(C)=C(O[Si](C)(C)C(C)(C)C)CC[C@@]12CCCN(S(=O)(=O)c1ccc(C)cc1)C2=O. The summed E-state index contributed by atoms with van der Waals surface area (Å²) in [5, 5.41) is 0.0565. The molecule has 1 aromatic carbocycles. The van der Waals surface area contributed by atoms with Crippen LogP contribution in [0.4, 0.5) is 0 Å². The van der Waals surface area contributed by atoms with E-state index in [2.05, 4.69) is 45.7 Å². The zero-order valence-corrected chi connectivity index (χ0v) is 23.7. The Balaban J connectivity index is 2.02. The van der Waals surface area contributed by atoms with Crippen LogP contribution in [0, 0.1) is 30.1 Å². The maximum absolute atomic E-state index is 14.0. The van der Waals surface area contributed by atoms with E-state index in [1.54, 1.807) is 31.2 Å². The third kappa shape index (κ3) is 4.59. The van der Waals surface area contributed by atoms with Crippen LogP contribution in [0.3, 0.4) is 0 Å². The first-order valence-electron chi connectivity index (χ1n) is 12.1. The molecule has 1 fully saturated rings. The first-order valence-corrected chi connectivity index (χ1v) is 16.5. The molecule has 1 amide bonds. The average molecular weight is 502 g/mol. The van der Waals surface area contributed by atoms with E-state index in [0.29, 0.717) is 25.7 Å². The summed E-state index contributed by atoms with van der Waals surface area (Å²) in [4.78, 5) is 14.2. The third-order valence-electron chi connectivity index (χ3n) is 7.94. The molecule has 1 unspecified atom stereocenters. The number of benzene rings is 1. The molecule has 34 heavy (non-hydrogen) atoms. The molecule has 1 spiro atoms. The summed E-state index contributed by atoms with van der Waals surface area (Å²) in [6.45, 7) is 17.0. The lowest BCUT2D eigenvalue weighted by atomic mass is 9.62. The van der Waals surface area contributed by atoms with Gasteiger partial charge in [-0.15, -0.1) is 5.92 Å². The molecule has 0 aromatic heterocycles. The molecular formula is C27H39NO4SSi. The Morgan fingerprint density at radius 1 is 1.12 bits per heavy atom. The molecule has 2 aliphatic rings. The van der Waals surface area contributed by atoms with Crippen LogP contribution >= 0.6 is 0 Å². The lowest BCUT2D eigenvalue weighted by Crippen LogP contribution is -2.55. The number of carbonyl (C=O) groups excluding carboxylic acids is 1. The van der Waals surface area contributed by atoms with Gasteiger partial charge < -0.3 is 4.43 Å². The summed E-state index contributed by atoms with van der Waals surface area (Å²) in [6, 6.07) is 6.69. The molecule has 1 heterocycles. The zero-order chi connectivity index (χ0) is 25.5. The Hall–Kier alpha value is -2.04. The maximum atomic E-state index is 14.0. The highest BCUT2D eigenvalue weighted by atomic mass is 32.2. The molecule has 0 bridgehead atoms. The standard InChI is InChI=1S/C27H39NO4SSi/c1-9-11-23-21(3)24(32-34(7,8)26(4,5)6)16-18-27(23)17-10-19-28(25(27)29)33(30,31)22-14-12-20(2)13-15-22/h12-15,23H,10,16-19H2,1-8H3/t23?,27-/m0/s1. The van der Waals surface area contributed by atoms with Crippen LogP contribution in [-0.4, -0.2) is 33.5 Å². The number of amides is 1. The van der Waals surface area contributed by atoms with E-state index in [-0.39, 0.29) is 28.3 Å². The second kappa shape index (κ2) is 9.20. The fraction of sp³-hybridized carbons (Fsp3) is 0.593. The number of hydrogen-bond acceptors (Lipinski definition) is 4. The van der Waals surface area contributed by atoms with Gasteiger partial charge in [-0.05, 0) is 75.9 Å². The average Bonchev–Trinajstić information content (AvgIpc) is 2.74. The number of rotatable bonds is 4. The van der Waals surface area contributed by atoms with Gasteiger partial charge in [-0.3, -0.25) is 4.79 Å². The summed E-state index contributed by atoms with van der Waals surface area (Å²) in [5.74, 6) is 6.57. The highest BCUT2D eigenvalue weighted by Gasteiger charge is 2.55. The third-order valence-corrected chi connectivity index (χ3v) is 14.1. The van der Waals surface area contributed by atoms with Crippen molar-refractivity contribution < 1.29 is 17.6 Å². The minimum atomic E-state index is -3.93. The molecule has 186 valence electrons. The summed E-state index contributed by atoms with van der Waals surface area (Å²) in [5.41, 5.74) is 1.11. The predicted octanol–water partition coefficient (Wildman–Crippen LogP) is 6.02. The van der Waals surface area contributed by atoms with Crippen LogP contribution in [0.1, 0.15) is 65.9 Å². The highest BCUT2D eigenvalue weighted by Crippen LogP contribution is 2.52. The normalized spacial score (nSPS) is 24.2. The van der Waals surface area contributed by atoms with Crippen molar-refractivity contribution in [2.45, 2.75) is 90.3 Å². The molecule has 3 rings (SSSR count). The summed E-state index contributed by atoms with van der Waals surface area (Å²) < 4.78 is 34.8. The molecule has 0 saturated carbocycles. The van der Waals surface area contributed by atoms with Crippen molar-refractivity contribution >= 4 is 24.2 Å². The van der Waals surface area contributed by atoms with Gasteiger partial charge in [-0.2, -0.15) is 0 Å². The van der Waals surface area contributed by atoms with Gasteiger partial charge in [0.1, 0.15) is 0 Å². The second-order valence-electron chi connectivity index (χ2n) is 11.3. The quantitative estimate of drug-likeness (QED) is 0.374. The first kappa shape index (κ1) is 26.6. The molecule has 1 aliphatic heterocycles. The lowest BCUT2D eigenvalue weighted by Gasteiger charge is -2.48. The van der Waals surface area contributed by atoms with Crippen molar-refractivity contribution in [3.63, 3.8) is 0 Å². The van der Waals surface area contributed by atoms with Crippen molar-refractivity contribution in [2.24, 2.45) is 11.3 Å². The fourth-order valence-corrected chi connectivity index (χ4v) is 7.49. The molecule has 7 heteroatoms. The van der Waals surface area contributed by atoms with Gasteiger partial charge in [0.25, 0.3) is 10.0 Å². The molecule has 5 nitrogen and oxygen atoms in total. The Labute approximate surface area is 207 Å². The van der Waals surface area contributed by atoms with Gasteiger partial charge in [0.05, 0.1) is 22.0 Å². The monoisotopic (exact) mass is 501 g/mol. The van der Waals surface area contributed by atoms with E-state index < -0.39 is 23.8 Å². The van der Waals surface area contributed by atoms with Crippen molar-refractivity contribution in [3.8, 4) is 11.8 Å². The van der Waals surface area contributed by atoms with Gasteiger partial charge in [0, 0.05) is 13.0 Å². The molecule has 0 radical (unpaired) electrons. The van der Waals surface area contributed by atoms with Gasteiger partial charge in [-0.25, -0.2) is 12.7 Å². The number of carbonyl (C=O) groups is 1. The Bertz CT molecular complexity index is 1150. The molecular weight excluding hydrogens is 462 g/mol. The molecule has 2 atom stereocenters. The number of aryl methyl sites for hydroxylation is 1. The lowest BCUT2D eigenvalue weighted by molar-refractivity contribution is -0.143. The summed E-state index contributed by atoms with van der Waals surface area (Å²) >= 11 is 0. The van der Waals surface area contributed by atoms with Crippen LogP contribution < -0.4 is 0 Å². The first-order chi connectivity index (χ1) is 15.7. The minimum Gasteiger partial charge on any atom is -0.547 e. The molecule has 0 N–H and O–H groups in total. The van der Waals surface area contributed by atoms with Gasteiger partial charge in [0.15, 0.2) is 0 Å². The van der Waals surface area contributed by atoms with Crippen molar-refractivity contribution in [1.82, 2.24) is 4.31 Å². The van der Waals surface area contributed by atoms with Crippen molar-refractivity contribution in [1.29, 1.82) is 0 Å². The Morgan fingerprint density at radius 2 is 1.74 bits per heavy atom. The predicted molar refractivity (Wildman–Crippen MR) is 139 cm³/mol. The van der Waals surface area contributed by atoms with Crippen LogP contribution in [0.5, 0.6) is 0 Å². The van der Waals surface area contributed by atoms with Crippen LogP contribution in [-0.2, 0) is 19.2 Å². The Morgan fingerprint density at radius 3 is 2.29 bits per heavy atom. The number of allylic oxidation sites excluding steroid dienone is 2. The van der Waals surface area contributed by atoms with E-state index in [1.165, 1.54) is 0 Å². The van der Waals surface area contributed by atoms with Crippen LogP contribution in [0.2, 0.25) is 18.1 Å². The number of nitrogens with zero attached hydrogens (tertiary/aromatic N) is 1. The van der Waals surface area contributed by atoms with Gasteiger partial charge >= 0.3 is 0 Å².